The first-order valence-electron chi connectivity index (χ1n) is 9.76. The van der Waals surface area contributed by atoms with Crippen LogP contribution in [0, 0.1) is 6.92 Å². The molecule has 0 bridgehead atoms. The summed E-state index contributed by atoms with van der Waals surface area (Å²) in [6.07, 6.45) is 2.25. The van der Waals surface area contributed by atoms with Gasteiger partial charge in [0.25, 0.3) is 5.91 Å². The number of unbranched alkanes of at least 4 members (excludes halogenated alkanes) is 1. The molecule has 2 aromatic carbocycles. The van der Waals surface area contributed by atoms with Crippen LogP contribution in [0.1, 0.15) is 31.2 Å². The number of hydrogen-bond acceptors (Lipinski definition) is 5. The molecule has 0 radical (unpaired) electrons. The molecule has 1 aromatic heterocycles. The summed E-state index contributed by atoms with van der Waals surface area (Å²) >= 11 is 1.69. The second kappa shape index (κ2) is 10.7. The van der Waals surface area contributed by atoms with Crippen LogP contribution in [0.2, 0.25) is 0 Å². The van der Waals surface area contributed by atoms with Gasteiger partial charge >= 0.3 is 0 Å². The number of carbonyl (C=O) groups is 1. The summed E-state index contributed by atoms with van der Waals surface area (Å²) in [4.78, 5) is 12.2. The van der Waals surface area contributed by atoms with E-state index in [0.717, 1.165) is 35.0 Å². The van der Waals surface area contributed by atoms with Gasteiger partial charge in [0, 0.05) is 11.4 Å². The predicted octanol–water partition coefficient (Wildman–Crippen LogP) is 4.16. The SMILES string of the molecule is CCCCSc1nnc(CNC(=O)COc2ccccc2)n1-c1cccc(C)c1. The molecule has 0 aliphatic heterocycles. The maximum absolute atomic E-state index is 12.2. The Kier molecular flexibility index (Phi) is 7.69. The van der Waals surface area contributed by atoms with Gasteiger partial charge in [-0.1, -0.05) is 55.4 Å². The first kappa shape index (κ1) is 20.9. The summed E-state index contributed by atoms with van der Waals surface area (Å²) in [5, 5.41) is 12.4. The van der Waals surface area contributed by atoms with Gasteiger partial charge in [-0.2, -0.15) is 0 Å². The van der Waals surface area contributed by atoms with Gasteiger partial charge < -0.3 is 10.1 Å². The van der Waals surface area contributed by atoms with Gasteiger partial charge in [0.05, 0.1) is 6.54 Å². The zero-order valence-corrected chi connectivity index (χ0v) is 17.6. The van der Waals surface area contributed by atoms with E-state index in [1.165, 1.54) is 0 Å². The average Bonchev–Trinajstić information content (AvgIpc) is 3.14. The Balaban J connectivity index is 1.68. The van der Waals surface area contributed by atoms with Crippen LogP contribution in [0.5, 0.6) is 5.75 Å². The van der Waals surface area contributed by atoms with Crippen molar-refractivity contribution >= 4 is 17.7 Å². The van der Waals surface area contributed by atoms with Gasteiger partial charge in [-0.3, -0.25) is 9.36 Å². The quantitative estimate of drug-likeness (QED) is 0.401. The zero-order valence-electron chi connectivity index (χ0n) is 16.8. The van der Waals surface area contributed by atoms with Crippen molar-refractivity contribution in [3.05, 3.63) is 66.0 Å². The number of thioether (sulfide) groups is 1. The molecular weight excluding hydrogens is 384 g/mol. The number of aryl methyl sites for hydroxylation is 1. The van der Waals surface area contributed by atoms with Gasteiger partial charge in [0.2, 0.25) is 0 Å². The molecule has 1 amide bonds. The topological polar surface area (TPSA) is 69.0 Å². The summed E-state index contributed by atoms with van der Waals surface area (Å²) in [5.74, 6) is 2.15. The Labute approximate surface area is 175 Å². The Morgan fingerprint density at radius 2 is 1.97 bits per heavy atom. The number of carbonyl (C=O) groups excluding carboxylic acids is 1. The average molecular weight is 411 g/mol. The lowest BCUT2D eigenvalue weighted by Gasteiger charge is -2.12. The van der Waals surface area contributed by atoms with Gasteiger partial charge in [-0.15, -0.1) is 10.2 Å². The van der Waals surface area contributed by atoms with E-state index in [1.807, 2.05) is 47.0 Å². The standard InChI is InChI=1S/C22H26N4O2S/c1-3-4-13-29-22-25-24-20(26(22)18-10-8-9-17(2)14-18)15-23-21(27)16-28-19-11-6-5-7-12-19/h5-12,14H,3-4,13,15-16H2,1-2H3,(H,23,27). The van der Waals surface area contributed by atoms with E-state index in [9.17, 15) is 4.79 Å². The van der Waals surface area contributed by atoms with Crippen molar-refractivity contribution in [2.45, 2.75) is 38.4 Å². The molecule has 152 valence electrons. The van der Waals surface area contributed by atoms with E-state index in [2.05, 4.69) is 41.5 Å². The molecule has 1 N–H and O–H groups in total. The molecule has 0 aliphatic rings. The van der Waals surface area contributed by atoms with Crippen molar-refractivity contribution in [1.29, 1.82) is 0 Å². The third-order valence-corrected chi connectivity index (χ3v) is 5.26. The van der Waals surface area contributed by atoms with Crippen LogP contribution in [-0.4, -0.2) is 33.0 Å². The summed E-state index contributed by atoms with van der Waals surface area (Å²) in [5.41, 5.74) is 2.16. The molecule has 0 unspecified atom stereocenters. The first-order valence-corrected chi connectivity index (χ1v) is 10.7. The zero-order chi connectivity index (χ0) is 20.5. The predicted molar refractivity (Wildman–Crippen MR) is 116 cm³/mol. The van der Waals surface area contributed by atoms with Gasteiger partial charge in [-0.05, 0) is 43.2 Å². The smallest absolute Gasteiger partial charge is 0.258 e. The van der Waals surface area contributed by atoms with E-state index in [-0.39, 0.29) is 19.1 Å². The van der Waals surface area contributed by atoms with E-state index in [1.54, 1.807) is 11.8 Å². The molecule has 0 saturated carbocycles. The fourth-order valence-corrected chi connectivity index (χ4v) is 3.79. The van der Waals surface area contributed by atoms with Gasteiger partial charge in [0.1, 0.15) is 5.75 Å². The first-order chi connectivity index (χ1) is 14.2. The molecule has 0 aliphatic carbocycles. The molecular formula is C22H26N4O2S. The van der Waals surface area contributed by atoms with E-state index >= 15 is 0 Å². The second-order valence-corrected chi connectivity index (χ2v) is 7.72. The highest BCUT2D eigenvalue weighted by atomic mass is 32.2. The van der Waals surface area contributed by atoms with Gasteiger partial charge in [0.15, 0.2) is 17.6 Å². The van der Waals surface area contributed by atoms with E-state index in [0.29, 0.717) is 11.6 Å². The highest BCUT2D eigenvalue weighted by molar-refractivity contribution is 7.99. The minimum Gasteiger partial charge on any atom is -0.484 e. The minimum atomic E-state index is -0.201. The third kappa shape index (κ3) is 6.09. The number of benzene rings is 2. The van der Waals surface area contributed by atoms with Crippen molar-refractivity contribution in [1.82, 2.24) is 20.1 Å². The Bertz CT molecular complexity index is 928. The second-order valence-electron chi connectivity index (χ2n) is 6.65. The highest BCUT2D eigenvalue weighted by Gasteiger charge is 2.15. The lowest BCUT2D eigenvalue weighted by Crippen LogP contribution is -2.29. The third-order valence-electron chi connectivity index (χ3n) is 4.25. The number of rotatable bonds is 10. The monoisotopic (exact) mass is 410 g/mol. The fourth-order valence-electron chi connectivity index (χ4n) is 2.74. The van der Waals surface area contributed by atoms with E-state index in [4.69, 9.17) is 4.74 Å². The van der Waals surface area contributed by atoms with Gasteiger partial charge in [-0.25, -0.2) is 0 Å². The summed E-state index contributed by atoms with van der Waals surface area (Å²) in [6.45, 7) is 4.47. The lowest BCUT2D eigenvalue weighted by molar-refractivity contribution is -0.123. The molecule has 29 heavy (non-hydrogen) atoms. The maximum atomic E-state index is 12.2. The number of nitrogens with zero attached hydrogens (tertiary/aromatic N) is 3. The number of hydrogen-bond donors (Lipinski definition) is 1. The Hall–Kier alpha value is -2.80. The van der Waals surface area contributed by atoms with Crippen LogP contribution in [0.25, 0.3) is 5.69 Å². The van der Waals surface area contributed by atoms with Crippen molar-refractivity contribution in [3.8, 4) is 11.4 Å². The molecule has 3 rings (SSSR count). The molecule has 3 aromatic rings. The molecule has 0 saturated heterocycles. The van der Waals surface area contributed by atoms with Crippen molar-refractivity contribution in [3.63, 3.8) is 0 Å². The van der Waals surface area contributed by atoms with Crippen molar-refractivity contribution in [2.24, 2.45) is 0 Å². The molecule has 0 atom stereocenters. The van der Waals surface area contributed by atoms with Crippen LogP contribution in [0.3, 0.4) is 0 Å². The number of amides is 1. The molecule has 0 fully saturated rings. The molecule has 6 nitrogen and oxygen atoms in total. The maximum Gasteiger partial charge on any atom is 0.258 e. The largest absolute Gasteiger partial charge is 0.484 e. The van der Waals surface area contributed by atoms with Crippen LogP contribution < -0.4 is 10.1 Å². The van der Waals surface area contributed by atoms with Crippen LogP contribution >= 0.6 is 11.8 Å². The van der Waals surface area contributed by atoms with E-state index < -0.39 is 0 Å². The van der Waals surface area contributed by atoms with Crippen LogP contribution in [0.4, 0.5) is 0 Å². The summed E-state index contributed by atoms with van der Waals surface area (Å²) in [6, 6.07) is 17.5. The number of nitrogens with one attached hydrogen (secondary N) is 1. The highest BCUT2D eigenvalue weighted by Crippen LogP contribution is 2.23. The van der Waals surface area contributed by atoms with Crippen LogP contribution in [-0.2, 0) is 11.3 Å². The lowest BCUT2D eigenvalue weighted by atomic mass is 10.2. The van der Waals surface area contributed by atoms with Crippen molar-refractivity contribution in [2.75, 3.05) is 12.4 Å². The Morgan fingerprint density at radius 1 is 1.14 bits per heavy atom. The number of aromatic nitrogens is 3. The van der Waals surface area contributed by atoms with Crippen molar-refractivity contribution < 1.29 is 9.53 Å². The number of para-hydroxylation sites is 1. The minimum absolute atomic E-state index is 0.0410. The molecule has 1 heterocycles. The van der Waals surface area contributed by atoms with Crippen LogP contribution in [0.15, 0.2) is 59.8 Å². The molecule has 7 heteroatoms. The fraction of sp³-hybridized carbons (Fsp3) is 0.318. The summed E-state index contributed by atoms with van der Waals surface area (Å²) < 4.78 is 7.52. The summed E-state index contributed by atoms with van der Waals surface area (Å²) in [7, 11) is 0. The number of ether oxygens (including phenoxy) is 1. The Morgan fingerprint density at radius 3 is 2.72 bits per heavy atom. The normalized spacial score (nSPS) is 10.7. The molecule has 0 spiro atoms.